The molecule has 0 aliphatic carbocycles. The van der Waals surface area contributed by atoms with E-state index in [-0.39, 0.29) is 17.1 Å². The minimum absolute atomic E-state index is 0.0852. The molecule has 0 amide bonds. The SMILES string of the molecule is COc1cc(F)c(CS)cc1F. The molecule has 0 radical (unpaired) electrons. The molecule has 0 heterocycles. The molecule has 0 aromatic heterocycles. The highest BCUT2D eigenvalue weighted by molar-refractivity contribution is 7.79. The zero-order valence-corrected chi connectivity index (χ0v) is 7.37. The number of rotatable bonds is 2. The fourth-order valence-electron chi connectivity index (χ4n) is 0.847. The van der Waals surface area contributed by atoms with Crippen molar-refractivity contribution in [3.63, 3.8) is 0 Å². The van der Waals surface area contributed by atoms with E-state index in [0.29, 0.717) is 0 Å². The summed E-state index contributed by atoms with van der Waals surface area (Å²) in [5.41, 5.74) is 0.233. The topological polar surface area (TPSA) is 9.23 Å². The molecule has 4 heteroatoms. The predicted molar refractivity (Wildman–Crippen MR) is 45.6 cm³/mol. The lowest BCUT2D eigenvalue weighted by Crippen LogP contribution is -1.93. The number of hydrogen-bond donors (Lipinski definition) is 1. The van der Waals surface area contributed by atoms with E-state index in [1.54, 1.807) is 0 Å². The second-order valence-electron chi connectivity index (χ2n) is 2.24. The molecule has 1 aromatic rings. The fraction of sp³-hybridized carbons (Fsp3) is 0.250. The summed E-state index contributed by atoms with van der Waals surface area (Å²) in [6.45, 7) is 0. The molecule has 0 saturated carbocycles. The summed E-state index contributed by atoms with van der Waals surface area (Å²) in [6.07, 6.45) is 0. The maximum absolute atomic E-state index is 12.9. The van der Waals surface area contributed by atoms with Crippen molar-refractivity contribution >= 4 is 12.6 Å². The third-order valence-electron chi connectivity index (χ3n) is 1.49. The van der Waals surface area contributed by atoms with E-state index in [9.17, 15) is 8.78 Å². The molecule has 0 aliphatic heterocycles. The first kappa shape index (κ1) is 9.32. The van der Waals surface area contributed by atoms with Gasteiger partial charge in [0, 0.05) is 17.4 Å². The Balaban J connectivity index is 3.16. The van der Waals surface area contributed by atoms with Gasteiger partial charge < -0.3 is 4.74 Å². The Labute approximate surface area is 74.8 Å². The van der Waals surface area contributed by atoms with E-state index < -0.39 is 11.6 Å². The van der Waals surface area contributed by atoms with Gasteiger partial charge in [-0.1, -0.05) is 0 Å². The van der Waals surface area contributed by atoms with Crippen LogP contribution in [0, 0.1) is 11.6 Å². The van der Waals surface area contributed by atoms with Gasteiger partial charge in [-0.3, -0.25) is 0 Å². The Morgan fingerprint density at radius 1 is 1.33 bits per heavy atom. The van der Waals surface area contributed by atoms with Crippen LogP contribution in [0.3, 0.4) is 0 Å². The molecular weight excluding hydrogens is 182 g/mol. The third kappa shape index (κ3) is 1.69. The zero-order chi connectivity index (χ0) is 9.14. The fourth-order valence-corrected chi connectivity index (χ4v) is 1.09. The van der Waals surface area contributed by atoms with Crippen molar-refractivity contribution in [1.82, 2.24) is 0 Å². The number of thiol groups is 1. The molecule has 0 fully saturated rings. The van der Waals surface area contributed by atoms with Crippen LogP contribution in [0.1, 0.15) is 5.56 Å². The van der Waals surface area contributed by atoms with Gasteiger partial charge in [0.05, 0.1) is 7.11 Å². The Bertz CT molecular complexity index is 259. The van der Waals surface area contributed by atoms with E-state index in [1.165, 1.54) is 7.11 Å². The van der Waals surface area contributed by atoms with E-state index >= 15 is 0 Å². The first-order valence-electron chi connectivity index (χ1n) is 3.31. The Hall–Kier alpha value is -0.770. The van der Waals surface area contributed by atoms with Gasteiger partial charge in [-0.05, 0) is 6.07 Å². The van der Waals surface area contributed by atoms with Crippen LogP contribution in [-0.4, -0.2) is 7.11 Å². The second kappa shape index (κ2) is 3.76. The molecule has 0 aliphatic rings. The van der Waals surface area contributed by atoms with Crippen LogP contribution in [0.4, 0.5) is 8.78 Å². The Kier molecular flexibility index (Phi) is 2.92. The summed E-state index contributed by atoms with van der Waals surface area (Å²) >= 11 is 3.84. The molecular formula is C8H8F2OS. The summed E-state index contributed by atoms with van der Waals surface area (Å²) in [5, 5.41) is 0. The van der Waals surface area contributed by atoms with Gasteiger partial charge in [-0.25, -0.2) is 8.78 Å². The van der Waals surface area contributed by atoms with Crippen molar-refractivity contribution in [2.75, 3.05) is 7.11 Å². The summed E-state index contributed by atoms with van der Waals surface area (Å²) in [7, 11) is 1.29. The maximum Gasteiger partial charge on any atom is 0.165 e. The summed E-state index contributed by atoms with van der Waals surface area (Å²) in [6, 6.07) is 2.10. The lowest BCUT2D eigenvalue weighted by molar-refractivity contribution is 0.382. The minimum Gasteiger partial charge on any atom is -0.494 e. The number of benzene rings is 1. The maximum atomic E-state index is 12.9. The van der Waals surface area contributed by atoms with E-state index in [2.05, 4.69) is 17.4 Å². The van der Waals surface area contributed by atoms with Gasteiger partial charge in [-0.15, -0.1) is 0 Å². The lowest BCUT2D eigenvalue weighted by Gasteiger charge is -2.04. The Morgan fingerprint density at radius 2 is 2.00 bits per heavy atom. The van der Waals surface area contributed by atoms with Crippen molar-refractivity contribution in [3.8, 4) is 5.75 Å². The van der Waals surface area contributed by atoms with Crippen molar-refractivity contribution in [2.45, 2.75) is 5.75 Å². The van der Waals surface area contributed by atoms with Crippen LogP contribution < -0.4 is 4.74 Å². The molecule has 0 spiro atoms. The van der Waals surface area contributed by atoms with Gasteiger partial charge in [0.25, 0.3) is 0 Å². The standard InChI is InChI=1S/C8H8F2OS/c1-11-8-3-6(9)5(4-12)2-7(8)10/h2-3,12H,4H2,1H3. The van der Waals surface area contributed by atoms with Gasteiger partial charge >= 0.3 is 0 Å². The number of halogens is 2. The van der Waals surface area contributed by atoms with E-state index in [1.807, 2.05) is 0 Å². The molecule has 0 atom stereocenters. The molecule has 66 valence electrons. The van der Waals surface area contributed by atoms with Crippen LogP contribution in [-0.2, 0) is 5.75 Å². The summed E-state index contributed by atoms with van der Waals surface area (Å²) < 4.78 is 30.4. The van der Waals surface area contributed by atoms with E-state index in [4.69, 9.17) is 0 Å². The molecule has 0 saturated heterocycles. The number of ether oxygens (including phenoxy) is 1. The second-order valence-corrected chi connectivity index (χ2v) is 2.55. The molecule has 1 nitrogen and oxygen atoms in total. The average Bonchev–Trinajstić information content (AvgIpc) is 2.08. The first-order chi connectivity index (χ1) is 5.69. The monoisotopic (exact) mass is 190 g/mol. The normalized spacial score (nSPS) is 10.0. The molecule has 0 unspecified atom stereocenters. The van der Waals surface area contributed by atoms with Gasteiger partial charge in [-0.2, -0.15) is 12.6 Å². The highest BCUT2D eigenvalue weighted by Crippen LogP contribution is 2.21. The van der Waals surface area contributed by atoms with Gasteiger partial charge in [0.15, 0.2) is 11.6 Å². The average molecular weight is 190 g/mol. The largest absolute Gasteiger partial charge is 0.494 e. The number of methoxy groups -OCH3 is 1. The van der Waals surface area contributed by atoms with Crippen molar-refractivity contribution in [1.29, 1.82) is 0 Å². The Morgan fingerprint density at radius 3 is 2.50 bits per heavy atom. The summed E-state index contributed by atoms with van der Waals surface area (Å²) in [5.74, 6) is -0.975. The van der Waals surface area contributed by atoms with Crippen LogP contribution in [0.15, 0.2) is 12.1 Å². The smallest absolute Gasteiger partial charge is 0.165 e. The third-order valence-corrected chi connectivity index (χ3v) is 1.83. The number of hydrogen-bond acceptors (Lipinski definition) is 2. The lowest BCUT2D eigenvalue weighted by atomic mass is 10.2. The van der Waals surface area contributed by atoms with Crippen molar-refractivity contribution in [2.24, 2.45) is 0 Å². The molecule has 1 aromatic carbocycles. The van der Waals surface area contributed by atoms with Crippen LogP contribution in [0.5, 0.6) is 5.75 Å². The first-order valence-corrected chi connectivity index (χ1v) is 3.95. The van der Waals surface area contributed by atoms with Crippen molar-refractivity contribution in [3.05, 3.63) is 29.3 Å². The predicted octanol–water partition coefficient (Wildman–Crippen LogP) is 2.40. The van der Waals surface area contributed by atoms with Crippen molar-refractivity contribution < 1.29 is 13.5 Å². The van der Waals surface area contributed by atoms with Gasteiger partial charge in [0.1, 0.15) is 5.82 Å². The van der Waals surface area contributed by atoms with Crippen LogP contribution >= 0.6 is 12.6 Å². The molecule has 12 heavy (non-hydrogen) atoms. The highest BCUT2D eigenvalue weighted by Gasteiger charge is 2.08. The summed E-state index contributed by atoms with van der Waals surface area (Å²) in [4.78, 5) is 0. The quantitative estimate of drug-likeness (QED) is 0.704. The van der Waals surface area contributed by atoms with E-state index in [0.717, 1.165) is 12.1 Å². The highest BCUT2D eigenvalue weighted by atomic mass is 32.1. The minimum atomic E-state index is -0.567. The molecule has 0 bridgehead atoms. The van der Waals surface area contributed by atoms with Crippen LogP contribution in [0.25, 0.3) is 0 Å². The molecule has 0 N–H and O–H groups in total. The zero-order valence-electron chi connectivity index (χ0n) is 6.47. The molecule has 1 rings (SSSR count). The van der Waals surface area contributed by atoms with Crippen LogP contribution in [0.2, 0.25) is 0 Å². The van der Waals surface area contributed by atoms with Gasteiger partial charge in [0.2, 0.25) is 0 Å².